The van der Waals surface area contributed by atoms with Crippen molar-refractivity contribution in [2.75, 3.05) is 19.8 Å². The largest absolute Gasteiger partial charge is 0.379 e. The first-order chi connectivity index (χ1) is 8.31. The van der Waals surface area contributed by atoms with E-state index in [1.54, 1.807) is 0 Å². The van der Waals surface area contributed by atoms with Gasteiger partial charge in [-0.25, -0.2) is 0 Å². The van der Waals surface area contributed by atoms with E-state index < -0.39 is 0 Å². The third kappa shape index (κ3) is 3.62. The van der Waals surface area contributed by atoms with Crippen molar-refractivity contribution in [3.63, 3.8) is 0 Å². The number of hydrogen-bond acceptors (Lipinski definition) is 3. The molecule has 0 atom stereocenters. The molecule has 0 bridgehead atoms. The summed E-state index contributed by atoms with van der Waals surface area (Å²) in [5.74, 6) is 0. The number of rotatable bonds is 6. The van der Waals surface area contributed by atoms with Crippen LogP contribution in [0.4, 0.5) is 0 Å². The summed E-state index contributed by atoms with van der Waals surface area (Å²) < 4.78 is 5.21. The maximum absolute atomic E-state index is 6.27. The van der Waals surface area contributed by atoms with Crippen molar-refractivity contribution >= 4 is 23.4 Å². The Morgan fingerprint density at radius 1 is 1.47 bits per heavy atom. The first kappa shape index (κ1) is 13.2. The Bertz CT molecular complexity index is 368. The summed E-state index contributed by atoms with van der Waals surface area (Å²) in [5.41, 5.74) is 1.22. The molecule has 1 aliphatic heterocycles. The Labute approximate surface area is 112 Å². The van der Waals surface area contributed by atoms with E-state index in [1.807, 2.05) is 23.9 Å². The molecule has 1 N–H and O–H groups in total. The van der Waals surface area contributed by atoms with Crippen LogP contribution in [0.25, 0.3) is 0 Å². The van der Waals surface area contributed by atoms with Gasteiger partial charge in [0.05, 0.1) is 18.5 Å². The predicted octanol–water partition coefficient (Wildman–Crippen LogP) is 3.33. The van der Waals surface area contributed by atoms with Gasteiger partial charge in [-0.2, -0.15) is 0 Å². The minimum absolute atomic E-state index is 0.596. The van der Waals surface area contributed by atoms with Gasteiger partial charge in [0.2, 0.25) is 0 Å². The molecule has 94 valence electrons. The lowest BCUT2D eigenvalue weighted by atomic mass is 10.2. The fraction of sp³-hybridized carbons (Fsp3) is 0.538. The van der Waals surface area contributed by atoms with Crippen molar-refractivity contribution in [2.45, 2.75) is 30.0 Å². The summed E-state index contributed by atoms with van der Waals surface area (Å²) in [6.07, 6.45) is 1.14. The van der Waals surface area contributed by atoms with Gasteiger partial charge in [-0.15, -0.1) is 11.8 Å². The van der Waals surface area contributed by atoms with Crippen LogP contribution in [0, 0.1) is 0 Å². The van der Waals surface area contributed by atoms with E-state index in [9.17, 15) is 0 Å². The molecule has 0 unspecified atom stereocenters. The van der Waals surface area contributed by atoms with Crippen molar-refractivity contribution in [3.8, 4) is 0 Å². The molecule has 0 amide bonds. The highest BCUT2D eigenvalue weighted by Gasteiger charge is 2.21. The molecule has 0 saturated carbocycles. The second-order valence-electron chi connectivity index (χ2n) is 4.17. The van der Waals surface area contributed by atoms with Crippen LogP contribution in [-0.2, 0) is 11.3 Å². The lowest BCUT2D eigenvalue weighted by molar-refractivity contribution is 0.0455. The number of benzene rings is 1. The van der Waals surface area contributed by atoms with E-state index in [2.05, 4.69) is 18.3 Å². The molecule has 1 heterocycles. The van der Waals surface area contributed by atoms with E-state index in [0.717, 1.165) is 37.7 Å². The van der Waals surface area contributed by atoms with Crippen LogP contribution in [0.2, 0.25) is 5.02 Å². The van der Waals surface area contributed by atoms with Crippen molar-refractivity contribution < 1.29 is 4.74 Å². The minimum Gasteiger partial charge on any atom is -0.379 e. The van der Waals surface area contributed by atoms with E-state index in [0.29, 0.717) is 5.25 Å². The van der Waals surface area contributed by atoms with Gasteiger partial charge in [0, 0.05) is 16.5 Å². The second kappa shape index (κ2) is 6.64. The van der Waals surface area contributed by atoms with Crippen LogP contribution < -0.4 is 5.32 Å². The van der Waals surface area contributed by atoms with Gasteiger partial charge in [0.25, 0.3) is 0 Å². The molecule has 0 aliphatic carbocycles. The molecule has 2 rings (SSSR count). The number of hydrogen-bond donors (Lipinski definition) is 1. The Morgan fingerprint density at radius 3 is 2.94 bits per heavy atom. The Kier molecular flexibility index (Phi) is 5.16. The SMILES string of the molecule is CCCNCc1c(Cl)cccc1SC1COC1. The van der Waals surface area contributed by atoms with Crippen LogP contribution in [0.1, 0.15) is 18.9 Å². The number of ether oxygens (including phenoxy) is 1. The molecule has 1 saturated heterocycles. The van der Waals surface area contributed by atoms with Gasteiger partial charge in [-0.1, -0.05) is 24.6 Å². The Hall–Kier alpha value is -0.220. The van der Waals surface area contributed by atoms with Crippen molar-refractivity contribution in [2.24, 2.45) is 0 Å². The summed E-state index contributed by atoms with van der Waals surface area (Å²) in [4.78, 5) is 1.29. The highest BCUT2D eigenvalue weighted by molar-refractivity contribution is 8.00. The first-order valence-corrected chi connectivity index (χ1v) is 7.29. The quantitative estimate of drug-likeness (QED) is 0.802. The molecule has 4 heteroatoms. The zero-order valence-corrected chi connectivity index (χ0v) is 11.6. The summed E-state index contributed by atoms with van der Waals surface area (Å²) >= 11 is 8.15. The average Bonchev–Trinajstić information content (AvgIpc) is 2.27. The van der Waals surface area contributed by atoms with Crippen LogP contribution in [0.3, 0.4) is 0 Å². The lowest BCUT2D eigenvalue weighted by Crippen LogP contribution is -2.30. The van der Waals surface area contributed by atoms with Crippen LogP contribution in [0.5, 0.6) is 0 Å². The monoisotopic (exact) mass is 271 g/mol. The fourth-order valence-corrected chi connectivity index (χ4v) is 3.14. The normalized spacial score (nSPS) is 15.9. The molecule has 1 aromatic rings. The van der Waals surface area contributed by atoms with Crippen LogP contribution >= 0.6 is 23.4 Å². The number of nitrogens with one attached hydrogen (secondary N) is 1. The smallest absolute Gasteiger partial charge is 0.0611 e. The van der Waals surface area contributed by atoms with Crippen LogP contribution in [-0.4, -0.2) is 25.0 Å². The molecule has 17 heavy (non-hydrogen) atoms. The van der Waals surface area contributed by atoms with Gasteiger partial charge in [0.15, 0.2) is 0 Å². The highest BCUT2D eigenvalue weighted by atomic mass is 35.5. The van der Waals surface area contributed by atoms with Crippen LogP contribution in [0.15, 0.2) is 23.1 Å². The molecule has 2 nitrogen and oxygen atoms in total. The predicted molar refractivity (Wildman–Crippen MR) is 73.9 cm³/mol. The molecular formula is C13H18ClNOS. The fourth-order valence-electron chi connectivity index (χ4n) is 1.67. The van der Waals surface area contributed by atoms with Crippen molar-refractivity contribution in [3.05, 3.63) is 28.8 Å². The number of halogens is 1. The minimum atomic E-state index is 0.596. The van der Waals surface area contributed by atoms with Gasteiger partial charge in [0.1, 0.15) is 0 Å². The Morgan fingerprint density at radius 2 is 2.29 bits per heavy atom. The third-order valence-corrected chi connectivity index (χ3v) is 4.30. The van der Waals surface area contributed by atoms with Gasteiger partial charge < -0.3 is 10.1 Å². The average molecular weight is 272 g/mol. The maximum Gasteiger partial charge on any atom is 0.0611 e. The highest BCUT2D eigenvalue weighted by Crippen LogP contribution is 2.33. The molecule has 1 fully saturated rings. The zero-order valence-electron chi connectivity index (χ0n) is 10.0. The number of thioether (sulfide) groups is 1. The van der Waals surface area contributed by atoms with E-state index in [-0.39, 0.29) is 0 Å². The molecule has 1 aromatic carbocycles. The second-order valence-corrected chi connectivity index (χ2v) is 5.92. The van der Waals surface area contributed by atoms with E-state index in [4.69, 9.17) is 16.3 Å². The Balaban J connectivity index is 2.03. The summed E-state index contributed by atoms with van der Waals surface area (Å²) in [6, 6.07) is 6.14. The molecule has 0 spiro atoms. The summed E-state index contributed by atoms with van der Waals surface area (Å²) in [6.45, 7) is 5.77. The standard InChI is InChI=1S/C13H18ClNOS/c1-2-6-15-7-11-12(14)4-3-5-13(11)17-10-8-16-9-10/h3-5,10,15H,2,6-9H2,1H3. The van der Waals surface area contributed by atoms with Gasteiger partial charge in [-0.05, 0) is 30.7 Å². The zero-order chi connectivity index (χ0) is 12.1. The molecule has 1 aliphatic rings. The molecule has 0 aromatic heterocycles. The van der Waals surface area contributed by atoms with Gasteiger partial charge >= 0.3 is 0 Å². The summed E-state index contributed by atoms with van der Waals surface area (Å²) in [5, 5.41) is 4.87. The summed E-state index contributed by atoms with van der Waals surface area (Å²) in [7, 11) is 0. The van der Waals surface area contributed by atoms with E-state index >= 15 is 0 Å². The lowest BCUT2D eigenvalue weighted by Gasteiger charge is -2.26. The topological polar surface area (TPSA) is 21.3 Å². The first-order valence-electron chi connectivity index (χ1n) is 6.03. The van der Waals surface area contributed by atoms with Crippen molar-refractivity contribution in [1.29, 1.82) is 0 Å². The van der Waals surface area contributed by atoms with E-state index in [1.165, 1.54) is 10.5 Å². The van der Waals surface area contributed by atoms with Gasteiger partial charge in [-0.3, -0.25) is 0 Å². The van der Waals surface area contributed by atoms with Crippen molar-refractivity contribution in [1.82, 2.24) is 5.32 Å². The maximum atomic E-state index is 6.27. The third-order valence-electron chi connectivity index (χ3n) is 2.71. The molecule has 0 radical (unpaired) electrons. The molecular weight excluding hydrogens is 254 g/mol.